The van der Waals surface area contributed by atoms with Gasteiger partial charge in [-0.3, -0.25) is 0 Å². The van der Waals surface area contributed by atoms with Crippen molar-refractivity contribution in [3.63, 3.8) is 0 Å². The van der Waals surface area contributed by atoms with E-state index < -0.39 is 0 Å². The number of thiophene rings is 1. The van der Waals surface area contributed by atoms with Gasteiger partial charge in [-0.15, -0.1) is 11.3 Å². The highest BCUT2D eigenvalue weighted by molar-refractivity contribution is 7.33. The largest absolute Gasteiger partial charge is 0.456 e. The molecule has 3 aromatic heterocycles. The van der Waals surface area contributed by atoms with E-state index in [4.69, 9.17) is 4.42 Å². The highest BCUT2D eigenvalue weighted by Gasteiger charge is 2.48. The molecule has 0 radical (unpaired) electrons. The zero-order valence-corrected chi connectivity index (χ0v) is 37.9. The van der Waals surface area contributed by atoms with Gasteiger partial charge in [-0.1, -0.05) is 133 Å². The van der Waals surface area contributed by atoms with Crippen LogP contribution in [0.25, 0.3) is 70.6 Å². The number of hydrogen-bond acceptors (Lipinski definition) is 5. The third-order valence-corrected chi connectivity index (χ3v) is 16.0. The topological polar surface area (TPSA) is 27.8 Å². The molecule has 0 amide bonds. The van der Waals surface area contributed by atoms with E-state index in [-0.39, 0.29) is 6.71 Å². The van der Waals surface area contributed by atoms with Crippen molar-refractivity contribution in [2.24, 2.45) is 0 Å². The fourth-order valence-electron chi connectivity index (χ4n) is 12.0. The summed E-state index contributed by atoms with van der Waals surface area (Å²) in [6.45, 7) is -0.0570. The van der Waals surface area contributed by atoms with Crippen molar-refractivity contribution in [3.8, 4) is 16.8 Å². The molecule has 0 saturated carbocycles. The molecule has 7 heteroatoms. The van der Waals surface area contributed by atoms with Gasteiger partial charge in [0.25, 0.3) is 6.71 Å². The van der Waals surface area contributed by atoms with Crippen LogP contribution in [-0.4, -0.2) is 11.3 Å². The van der Waals surface area contributed by atoms with Crippen LogP contribution < -0.4 is 30.4 Å². The average Bonchev–Trinajstić information content (AvgIpc) is 4.09. The third kappa shape index (κ3) is 5.09. The maximum absolute atomic E-state index is 6.71. The highest BCUT2D eigenvalue weighted by Crippen LogP contribution is 2.55. The van der Waals surface area contributed by atoms with E-state index in [2.05, 4.69) is 244 Å². The number of para-hydroxylation sites is 6. The van der Waals surface area contributed by atoms with Crippen molar-refractivity contribution in [1.82, 2.24) is 4.57 Å². The fourth-order valence-corrected chi connectivity index (χ4v) is 13.3. The summed E-state index contributed by atoms with van der Waals surface area (Å²) in [6.07, 6.45) is 0. The number of benzene rings is 10. The molecule has 0 unspecified atom stereocenters. The number of aromatic nitrogens is 1. The molecule has 13 aromatic rings. The number of fused-ring (bicyclic) bond motifs is 14. The van der Waals surface area contributed by atoms with Crippen LogP contribution in [-0.2, 0) is 0 Å². The van der Waals surface area contributed by atoms with Crippen molar-refractivity contribution in [2.75, 3.05) is 14.7 Å². The molecule has 5 nitrogen and oxygen atoms in total. The number of rotatable bonds is 5. The van der Waals surface area contributed by atoms with Gasteiger partial charge >= 0.3 is 0 Å². The van der Waals surface area contributed by atoms with Gasteiger partial charge in [0.2, 0.25) is 0 Å². The minimum atomic E-state index is -0.0570. The van der Waals surface area contributed by atoms with Crippen LogP contribution in [0.3, 0.4) is 0 Å². The normalized spacial score (nSPS) is 13.1. The Hall–Kier alpha value is -8.78. The molecule has 0 N–H and O–H groups in total. The molecular formula is C62H37BN4OS. The van der Waals surface area contributed by atoms with Crippen molar-refractivity contribution >= 4 is 139 Å². The Morgan fingerprint density at radius 2 is 1.09 bits per heavy atom. The monoisotopic (exact) mass is 896 g/mol. The second-order valence-electron chi connectivity index (χ2n) is 18.4. The number of hydrogen-bond donors (Lipinski definition) is 0. The lowest BCUT2D eigenvalue weighted by Crippen LogP contribution is -2.61. The van der Waals surface area contributed by atoms with E-state index in [0.29, 0.717) is 0 Å². The standard InChI is InChI=1S/C62H37BN4OS/c1-4-16-38(17-5-1)39-30-33-57-48(34-39)60-62(69-57)63-49-25-15-28-52-61(49)67(51-27-14-24-47-44-22-10-12-26-50(44)66(52)59(47)51)54-36-43(64(40-18-6-2-7-19-40)41-20-8-3-9-21-41)35-53(58(54)63)65(60)42-31-32-46-45-23-11-13-29-55(45)68-56(46)37-42/h1-37H. The van der Waals surface area contributed by atoms with Crippen LogP contribution in [0.1, 0.15) is 0 Å². The zero-order chi connectivity index (χ0) is 44.9. The summed E-state index contributed by atoms with van der Waals surface area (Å²) in [5, 5.41) is 5.98. The molecule has 0 atom stereocenters. The lowest BCUT2D eigenvalue weighted by atomic mass is 9.36. The average molecular weight is 897 g/mol. The van der Waals surface area contributed by atoms with Crippen LogP contribution in [0, 0.1) is 0 Å². The van der Waals surface area contributed by atoms with Gasteiger partial charge in [0.1, 0.15) is 11.2 Å². The molecule has 0 aliphatic carbocycles. The lowest BCUT2D eigenvalue weighted by Gasteiger charge is -2.46. The first-order valence-electron chi connectivity index (χ1n) is 23.6. The van der Waals surface area contributed by atoms with Crippen molar-refractivity contribution in [2.45, 2.75) is 0 Å². The summed E-state index contributed by atoms with van der Waals surface area (Å²) < 4.78 is 11.8. The first-order chi connectivity index (χ1) is 34.2. The number of anilines is 9. The van der Waals surface area contributed by atoms with Gasteiger partial charge in [0.05, 0.1) is 39.5 Å². The number of nitrogens with zero attached hydrogens (tertiary/aromatic N) is 4. The van der Waals surface area contributed by atoms with E-state index in [1.165, 1.54) is 87.2 Å². The summed E-state index contributed by atoms with van der Waals surface area (Å²) >= 11 is 1.93. The lowest BCUT2D eigenvalue weighted by molar-refractivity contribution is 0.669. The van der Waals surface area contributed by atoms with Crippen molar-refractivity contribution in [3.05, 3.63) is 224 Å². The molecule has 320 valence electrons. The highest BCUT2D eigenvalue weighted by atomic mass is 32.1. The summed E-state index contributed by atoms with van der Waals surface area (Å²) in [7, 11) is 0. The van der Waals surface area contributed by atoms with E-state index in [1.54, 1.807) is 0 Å². The first-order valence-corrected chi connectivity index (χ1v) is 24.4. The van der Waals surface area contributed by atoms with Crippen LogP contribution >= 0.6 is 11.3 Å². The van der Waals surface area contributed by atoms with Crippen LogP contribution in [0.15, 0.2) is 229 Å². The predicted molar refractivity (Wildman–Crippen MR) is 291 cm³/mol. The summed E-state index contributed by atoms with van der Waals surface area (Å²) in [6, 6.07) is 82.4. The Bertz CT molecular complexity index is 4250. The minimum absolute atomic E-state index is 0.0570. The zero-order valence-electron chi connectivity index (χ0n) is 37.0. The van der Waals surface area contributed by atoms with Crippen molar-refractivity contribution < 1.29 is 4.42 Å². The van der Waals surface area contributed by atoms with Gasteiger partial charge in [-0.25, -0.2) is 0 Å². The Morgan fingerprint density at radius 3 is 1.90 bits per heavy atom. The summed E-state index contributed by atoms with van der Waals surface area (Å²) in [5.74, 6) is 0. The fraction of sp³-hybridized carbons (Fsp3) is 0. The molecule has 10 aromatic carbocycles. The molecule has 6 heterocycles. The van der Waals surface area contributed by atoms with Crippen LogP contribution in [0.2, 0.25) is 0 Å². The van der Waals surface area contributed by atoms with E-state index in [1.807, 2.05) is 11.3 Å². The Balaban J connectivity index is 1.07. The molecular weight excluding hydrogens is 860 g/mol. The molecule has 69 heavy (non-hydrogen) atoms. The maximum atomic E-state index is 6.71. The van der Waals surface area contributed by atoms with Gasteiger partial charge in [0.15, 0.2) is 0 Å². The second-order valence-corrected chi connectivity index (χ2v) is 19.5. The molecule has 0 bridgehead atoms. The predicted octanol–water partition coefficient (Wildman–Crippen LogP) is 15.4. The second kappa shape index (κ2) is 13.9. The third-order valence-electron chi connectivity index (χ3n) is 14.8. The first kappa shape index (κ1) is 37.3. The van der Waals surface area contributed by atoms with Gasteiger partial charge < -0.3 is 23.7 Å². The van der Waals surface area contributed by atoms with Crippen LogP contribution in [0.4, 0.5) is 51.2 Å². The molecule has 0 saturated heterocycles. The van der Waals surface area contributed by atoms with Gasteiger partial charge in [-0.05, 0) is 107 Å². The maximum Gasteiger partial charge on any atom is 0.264 e. The Morgan fingerprint density at radius 1 is 0.420 bits per heavy atom. The van der Waals surface area contributed by atoms with E-state index in [9.17, 15) is 0 Å². The number of furan rings is 1. The van der Waals surface area contributed by atoms with Crippen molar-refractivity contribution in [1.29, 1.82) is 0 Å². The minimum Gasteiger partial charge on any atom is -0.456 e. The summed E-state index contributed by atoms with van der Waals surface area (Å²) in [4.78, 5) is 7.59. The smallest absolute Gasteiger partial charge is 0.264 e. The molecule has 0 fully saturated rings. The van der Waals surface area contributed by atoms with Gasteiger partial charge in [0, 0.05) is 70.9 Å². The quantitative estimate of drug-likeness (QED) is 0.161. The van der Waals surface area contributed by atoms with E-state index >= 15 is 0 Å². The Labute approximate surface area is 401 Å². The SMILES string of the molecule is c1ccc(-c2ccc3sc4c(c3c2)N(c2ccc3c(c2)oc2ccccc23)c2cc(N(c3ccccc3)c3ccccc3)cc3c2B4c2cccc4c2N3c2cccc3c5ccccc5n-4c23)cc1. The van der Waals surface area contributed by atoms with Crippen LogP contribution in [0.5, 0.6) is 0 Å². The molecule has 0 spiro atoms. The van der Waals surface area contributed by atoms with Gasteiger partial charge in [-0.2, -0.15) is 0 Å². The summed E-state index contributed by atoms with van der Waals surface area (Å²) in [5.41, 5.74) is 20.6. The molecule has 3 aliphatic rings. The molecule has 3 aliphatic heterocycles. The van der Waals surface area contributed by atoms with E-state index in [0.717, 1.165) is 50.4 Å². The Kier molecular flexibility index (Phi) is 7.52. The molecule has 16 rings (SSSR count).